The quantitative estimate of drug-likeness (QED) is 0.798. The van der Waals surface area contributed by atoms with Gasteiger partial charge in [-0.15, -0.1) is 0 Å². The van der Waals surface area contributed by atoms with Gasteiger partial charge < -0.3 is 10.1 Å². The number of nitrogens with one attached hydrogen (secondary N) is 1. The van der Waals surface area contributed by atoms with Crippen molar-refractivity contribution >= 4 is 11.7 Å². The van der Waals surface area contributed by atoms with Gasteiger partial charge >= 0.3 is 6.18 Å². The molecule has 0 aromatic carbocycles. The van der Waals surface area contributed by atoms with Crippen molar-refractivity contribution in [2.45, 2.75) is 39.1 Å². The lowest BCUT2D eigenvalue weighted by Gasteiger charge is -2.16. The minimum Gasteiger partial charge on any atom is -0.465 e. The van der Waals surface area contributed by atoms with Gasteiger partial charge in [-0.2, -0.15) is 13.2 Å². The fourth-order valence-electron chi connectivity index (χ4n) is 2.09. The molecule has 9 heteroatoms. The zero-order valence-corrected chi connectivity index (χ0v) is 14.7. The van der Waals surface area contributed by atoms with Crippen molar-refractivity contribution in [1.29, 1.82) is 0 Å². The molecule has 0 bridgehead atoms. The third-order valence-corrected chi connectivity index (χ3v) is 3.52. The van der Waals surface area contributed by atoms with Crippen molar-refractivity contribution in [3.05, 3.63) is 53.5 Å². The van der Waals surface area contributed by atoms with E-state index in [1.54, 1.807) is 0 Å². The number of hydrogen-bond acceptors (Lipinski definition) is 5. The van der Waals surface area contributed by atoms with E-state index >= 15 is 0 Å². The van der Waals surface area contributed by atoms with Crippen molar-refractivity contribution in [3.63, 3.8) is 0 Å². The molecule has 27 heavy (non-hydrogen) atoms. The Kier molecular flexibility index (Phi) is 6.49. The highest BCUT2D eigenvalue weighted by Crippen LogP contribution is 2.23. The number of ketones is 1. The van der Waals surface area contributed by atoms with Crippen LogP contribution in [0.2, 0.25) is 0 Å². The van der Waals surface area contributed by atoms with E-state index in [2.05, 4.69) is 15.3 Å². The van der Waals surface area contributed by atoms with Gasteiger partial charge in [-0.3, -0.25) is 14.6 Å². The summed E-state index contributed by atoms with van der Waals surface area (Å²) < 4.78 is 42.1. The molecule has 1 atom stereocenters. The Morgan fingerprint density at radius 3 is 2.56 bits per heavy atom. The highest BCUT2D eigenvalue weighted by atomic mass is 19.4. The van der Waals surface area contributed by atoms with E-state index in [1.165, 1.54) is 43.6 Å². The van der Waals surface area contributed by atoms with Gasteiger partial charge in [-0.25, -0.2) is 4.98 Å². The van der Waals surface area contributed by atoms with Crippen LogP contribution >= 0.6 is 0 Å². The predicted octanol–water partition coefficient (Wildman–Crippen LogP) is 2.87. The fourth-order valence-corrected chi connectivity index (χ4v) is 2.09. The van der Waals surface area contributed by atoms with Crippen LogP contribution in [0.3, 0.4) is 0 Å². The molecule has 2 aromatic rings. The average molecular weight is 381 g/mol. The van der Waals surface area contributed by atoms with E-state index in [4.69, 9.17) is 4.74 Å². The maximum atomic E-state index is 12.5. The number of ether oxygens (including phenoxy) is 1. The molecule has 2 aromatic heterocycles. The Morgan fingerprint density at radius 1 is 1.22 bits per heavy atom. The van der Waals surface area contributed by atoms with Gasteiger partial charge in [0, 0.05) is 42.7 Å². The van der Waals surface area contributed by atoms with E-state index in [9.17, 15) is 22.8 Å². The third kappa shape index (κ3) is 6.36. The molecule has 1 N–H and O–H groups in total. The van der Waals surface area contributed by atoms with Gasteiger partial charge in [-0.1, -0.05) is 6.07 Å². The summed E-state index contributed by atoms with van der Waals surface area (Å²) in [5, 5.41) is 2.67. The molecule has 0 aliphatic carbocycles. The van der Waals surface area contributed by atoms with Crippen LogP contribution in [0.25, 0.3) is 0 Å². The summed E-state index contributed by atoms with van der Waals surface area (Å²) >= 11 is 0. The van der Waals surface area contributed by atoms with Crippen LogP contribution in [0.5, 0.6) is 5.88 Å². The molecular weight excluding hydrogens is 363 g/mol. The summed E-state index contributed by atoms with van der Waals surface area (Å²) in [7, 11) is 0. The number of aromatic nitrogens is 2. The van der Waals surface area contributed by atoms with E-state index in [-0.39, 0.29) is 30.5 Å². The number of Topliss-reactive ketones (excluding diaryl/α,β-unsaturated/α-hetero) is 1. The van der Waals surface area contributed by atoms with Crippen LogP contribution in [-0.4, -0.2) is 33.9 Å². The van der Waals surface area contributed by atoms with Crippen LogP contribution in [0, 0.1) is 0 Å². The topological polar surface area (TPSA) is 81.2 Å². The van der Waals surface area contributed by atoms with Crippen molar-refractivity contribution in [2.24, 2.45) is 0 Å². The molecule has 6 nitrogen and oxygen atoms in total. The minimum atomic E-state index is -4.47. The monoisotopic (exact) mass is 381 g/mol. The average Bonchev–Trinajstić information content (AvgIpc) is 2.59. The number of carbonyl (C=O) groups is 2. The molecule has 0 aliphatic rings. The molecule has 2 heterocycles. The standard InChI is InChI=1S/C18H18F3N3O3/c1-11(25)7-15-8-14(5-6-22-15)17(26)24-10-13-3-4-16(23-9-13)27-12(2)18(19,20)21/h3-6,8-9,12H,7,10H2,1-2H3,(H,24,26)/t12-/m1/s1. The zero-order chi connectivity index (χ0) is 20.0. The Bertz CT molecular complexity index is 807. The Hall–Kier alpha value is -2.97. The van der Waals surface area contributed by atoms with Crippen LogP contribution in [0.4, 0.5) is 13.2 Å². The lowest BCUT2D eigenvalue weighted by atomic mass is 10.1. The van der Waals surface area contributed by atoms with Gasteiger partial charge in [0.15, 0.2) is 6.10 Å². The second kappa shape index (κ2) is 8.61. The maximum Gasteiger partial charge on any atom is 0.425 e. The molecule has 1 amide bonds. The van der Waals surface area contributed by atoms with E-state index in [0.717, 1.165) is 6.92 Å². The molecule has 0 radical (unpaired) electrons. The SMILES string of the molecule is CC(=O)Cc1cc(C(=O)NCc2ccc(O[C@H](C)C(F)(F)F)nc2)ccn1. The number of halogens is 3. The lowest BCUT2D eigenvalue weighted by molar-refractivity contribution is -0.189. The zero-order valence-electron chi connectivity index (χ0n) is 14.7. The van der Waals surface area contributed by atoms with Crippen LogP contribution < -0.4 is 10.1 Å². The molecule has 0 unspecified atom stereocenters. The second-order valence-electron chi connectivity index (χ2n) is 5.90. The number of nitrogens with zero attached hydrogens (tertiary/aromatic N) is 2. The van der Waals surface area contributed by atoms with E-state index < -0.39 is 12.3 Å². The maximum absolute atomic E-state index is 12.5. The smallest absolute Gasteiger partial charge is 0.425 e. The number of hydrogen-bond donors (Lipinski definition) is 1. The number of pyridine rings is 2. The van der Waals surface area contributed by atoms with E-state index in [0.29, 0.717) is 16.8 Å². The molecule has 0 saturated carbocycles. The largest absolute Gasteiger partial charge is 0.465 e. The summed E-state index contributed by atoms with van der Waals surface area (Å²) in [5.74, 6) is -0.584. The van der Waals surface area contributed by atoms with Crippen LogP contribution in [0.15, 0.2) is 36.7 Å². The van der Waals surface area contributed by atoms with Crippen molar-refractivity contribution in [3.8, 4) is 5.88 Å². The van der Waals surface area contributed by atoms with Crippen molar-refractivity contribution in [2.75, 3.05) is 0 Å². The highest BCUT2D eigenvalue weighted by Gasteiger charge is 2.38. The Balaban J connectivity index is 1.93. The summed E-state index contributed by atoms with van der Waals surface area (Å²) in [6.45, 7) is 2.46. The summed E-state index contributed by atoms with van der Waals surface area (Å²) in [4.78, 5) is 31.2. The number of amides is 1. The second-order valence-corrected chi connectivity index (χ2v) is 5.90. The molecule has 2 rings (SSSR count). The first kappa shape index (κ1) is 20.3. The van der Waals surface area contributed by atoms with Crippen molar-refractivity contribution in [1.82, 2.24) is 15.3 Å². The molecule has 0 fully saturated rings. The lowest BCUT2D eigenvalue weighted by Crippen LogP contribution is -2.31. The van der Waals surface area contributed by atoms with Gasteiger partial charge in [0.2, 0.25) is 5.88 Å². The highest BCUT2D eigenvalue weighted by molar-refractivity contribution is 5.94. The number of alkyl halides is 3. The Morgan fingerprint density at radius 2 is 1.96 bits per heavy atom. The van der Waals surface area contributed by atoms with Gasteiger partial charge in [0.25, 0.3) is 5.91 Å². The normalized spacial score (nSPS) is 12.3. The van der Waals surface area contributed by atoms with Gasteiger partial charge in [-0.05, 0) is 31.5 Å². The van der Waals surface area contributed by atoms with E-state index in [1.807, 2.05) is 0 Å². The molecule has 0 aliphatic heterocycles. The van der Waals surface area contributed by atoms with Crippen LogP contribution in [0.1, 0.15) is 35.5 Å². The fraction of sp³-hybridized carbons (Fsp3) is 0.333. The minimum absolute atomic E-state index is 0.0618. The number of rotatable bonds is 7. The molecular formula is C18H18F3N3O3. The predicted molar refractivity (Wildman–Crippen MR) is 90.2 cm³/mol. The van der Waals surface area contributed by atoms with Crippen LogP contribution in [-0.2, 0) is 17.8 Å². The number of carbonyl (C=O) groups excluding carboxylic acids is 2. The Labute approximate surface area is 153 Å². The third-order valence-electron chi connectivity index (χ3n) is 3.52. The van der Waals surface area contributed by atoms with Crippen molar-refractivity contribution < 1.29 is 27.5 Å². The first-order chi connectivity index (χ1) is 12.6. The molecule has 0 saturated heterocycles. The first-order valence-corrected chi connectivity index (χ1v) is 8.06. The van der Waals surface area contributed by atoms with Gasteiger partial charge in [0.05, 0.1) is 0 Å². The summed E-state index contributed by atoms with van der Waals surface area (Å²) in [6, 6.07) is 5.87. The summed E-state index contributed by atoms with van der Waals surface area (Å²) in [6.07, 6.45) is -3.52. The molecule has 144 valence electrons. The first-order valence-electron chi connectivity index (χ1n) is 8.06. The molecule has 0 spiro atoms. The van der Waals surface area contributed by atoms with Gasteiger partial charge in [0.1, 0.15) is 5.78 Å². The summed E-state index contributed by atoms with van der Waals surface area (Å²) in [5.41, 5.74) is 1.44.